The van der Waals surface area contributed by atoms with Crippen molar-refractivity contribution < 1.29 is 9.47 Å². The number of anilines is 1. The van der Waals surface area contributed by atoms with Crippen LogP contribution in [0.25, 0.3) is 0 Å². The highest BCUT2D eigenvalue weighted by Gasteiger charge is 2.22. The zero-order valence-electron chi connectivity index (χ0n) is 8.91. The number of nitrogens with one attached hydrogen (secondary N) is 1. The number of methoxy groups -OCH3 is 2. The van der Waals surface area contributed by atoms with Crippen molar-refractivity contribution in [2.24, 2.45) is 0 Å². The summed E-state index contributed by atoms with van der Waals surface area (Å²) in [7, 11) is 3.32. The van der Waals surface area contributed by atoms with Crippen LogP contribution in [0.5, 0.6) is 0 Å². The maximum Gasteiger partial charge on any atom is 0.159 e. The van der Waals surface area contributed by atoms with E-state index in [1.165, 1.54) is 0 Å². The van der Waals surface area contributed by atoms with Crippen LogP contribution in [-0.2, 0) is 9.47 Å². The van der Waals surface area contributed by atoms with Gasteiger partial charge in [0.1, 0.15) is 0 Å². The van der Waals surface area contributed by atoms with Gasteiger partial charge in [-0.15, -0.1) is 0 Å². The molecule has 1 N–H and O–H groups in total. The summed E-state index contributed by atoms with van der Waals surface area (Å²) in [6, 6.07) is 9.92. The molecule has 1 rings (SSSR count). The lowest BCUT2D eigenvalue weighted by Crippen LogP contribution is -2.41. The maximum absolute atomic E-state index is 5.35. The second-order valence-electron chi connectivity index (χ2n) is 3.36. The van der Waals surface area contributed by atoms with Gasteiger partial charge in [0.2, 0.25) is 0 Å². The maximum atomic E-state index is 5.35. The van der Waals surface area contributed by atoms with Crippen molar-refractivity contribution in [3.8, 4) is 0 Å². The molecule has 0 heterocycles. The Balaban J connectivity index is 2.65. The Bertz CT molecular complexity index is 263. The third-order valence-corrected chi connectivity index (χ3v) is 2.05. The smallest absolute Gasteiger partial charge is 0.159 e. The highest BCUT2D eigenvalue weighted by atomic mass is 16.5. The number of para-hydroxylation sites is 1. The van der Waals surface area contributed by atoms with Crippen LogP contribution in [0.4, 0.5) is 5.69 Å². The van der Waals surface area contributed by atoms with Gasteiger partial charge >= 0.3 is 0 Å². The van der Waals surface area contributed by atoms with Gasteiger partial charge in [-0.3, -0.25) is 0 Å². The van der Waals surface area contributed by atoms with Crippen LogP contribution in [0.2, 0.25) is 0 Å². The van der Waals surface area contributed by atoms with E-state index in [1.807, 2.05) is 37.3 Å². The van der Waals surface area contributed by atoms with E-state index in [4.69, 9.17) is 9.47 Å². The average Bonchev–Trinajstić information content (AvgIpc) is 2.20. The SMILES string of the molecule is COCC(C)(Nc1ccccc1)OC. The van der Waals surface area contributed by atoms with Crippen LogP contribution in [0.1, 0.15) is 6.92 Å². The number of hydrogen-bond donors (Lipinski definition) is 1. The van der Waals surface area contributed by atoms with Crippen molar-refractivity contribution in [3.05, 3.63) is 30.3 Å². The van der Waals surface area contributed by atoms with Crippen molar-refractivity contribution in [1.82, 2.24) is 0 Å². The standard InChI is InChI=1S/C11H17NO2/c1-11(14-3,9-13-2)12-10-7-5-4-6-8-10/h4-8,12H,9H2,1-3H3. The summed E-state index contributed by atoms with van der Waals surface area (Å²) in [5.41, 5.74) is 0.546. The first-order valence-corrected chi connectivity index (χ1v) is 4.57. The van der Waals surface area contributed by atoms with Gasteiger partial charge in [-0.1, -0.05) is 18.2 Å². The summed E-state index contributed by atoms with van der Waals surface area (Å²) in [4.78, 5) is 0. The Morgan fingerprint density at radius 2 is 1.86 bits per heavy atom. The Morgan fingerprint density at radius 1 is 1.21 bits per heavy atom. The molecule has 3 heteroatoms. The molecule has 0 amide bonds. The zero-order valence-corrected chi connectivity index (χ0v) is 8.91. The molecular formula is C11H17NO2. The monoisotopic (exact) mass is 195 g/mol. The van der Waals surface area contributed by atoms with Gasteiger partial charge in [-0.2, -0.15) is 0 Å². The Labute approximate surface area is 85.0 Å². The summed E-state index contributed by atoms with van der Waals surface area (Å²) in [6.45, 7) is 2.45. The summed E-state index contributed by atoms with van der Waals surface area (Å²) < 4.78 is 10.4. The first-order chi connectivity index (χ1) is 6.70. The number of hydrogen-bond acceptors (Lipinski definition) is 3. The van der Waals surface area contributed by atoms with E-state index in [2.05, 4.69) is 5.32 Å². The lowest BCUT2D eigenvalue weighted by molar-refractivity contribution is -0.0301. The van der Waals surface area contributed by atoms with E-state index in [-0.39, 0.29) is 0 Å². The molecule has 0 radical (unpaired) electrons. The van der Waals surface area contributed by atoms with Gasteiger partial charge in [0.25, 0.3) is 0 Å². The third kappa shape index (κ3) is 3.01. The third-order valence-electron chi connectivity index (χ3n) is 2.05. The molecule has 1 unspecified atom stereocenters. The number of ether oxygens (including phenoxy) is 2. The van der Waals surface area contributed by atoms with E-state index >= 15 is 0 Å². The first kappa shape index (κ1) is 11.0. The van der Waals surface area contributed by atoms with Crippen LogP contribution in [0.15, 0.2) is 30.3 Å². The Hall–Kier alpha value is -1.06. The molecule has 14 heavy (non-hydrogen) atoms. The number of rotatable bonds is 5. The number of benzene rings is 1. The molecule has 78 valence electrons. The first-order valence-electron chi connectivity index (χ1n) is 4.57. The van der Waals surface area contributed by atoms with Gasteiger partial charge < -0.3 is 14.8 Å². The second-order valence-corrected chi connectivity index (χ2v) is 3.36. The van der Waals surface area contributed by atoms with Gasteiger partial charge in [0, 0.05) is 19.9 Å². The van der Waals surface area contributed by atoms with Gasteiger partial charge in [-0.05, 0) is 19.1 Å². The Morgan fingerprint density at radius 3 is 2.36 bits per heavy atom. The molecule has 1 aromatic rings. The minimum absolute atomic E-state index is 0.476. The summed E-state index contributed by atoms with van der Waals surface area (Å²) in [5, 5.41) is 3.26. The van der Waals surface area contributed by atoms with E-state index < -0.39 is 5.72 Å². The Kier molecular flexibility index (Phi) is 3.92. The topological polar surface area (TPSA) is 30.5 Å². The molecule has 0 aliphatic rings. The van der Waals surface area contributed by atoms with Crippen LogP contribution in [-0.4, -0.2) is 26.6 Å². The van der Waals surface area contributed by atoms with Crippen LogP contribution < -0.4 is 5.32 Å². The molecule has 1 atom stereocenters. The van der Waals surface area contributed by atoms with E-state index in [0.717, 1.165) is 5.69 Å². The van der Waals surface area contributed by atoms with Crippen molar-refractivity contribution in [1.29, 1.82) is 0 Å². The molecule has 0 spiro atoms. The second kappa shape index (κ2) is 4.98. The van der Waals surface area contributed by atoms with Gasteiger partial charge in [0.15, 0.2) is 5.72 Å². The lowest BCUT2D eigenvalue weighted by Gasteiger charge is -2.29. The van der Waals surface area contributed by atoms with Crippen molar-refractivity contribution in [2.75, 3.05) is 26.1 Å². The van der Waals surface area contributed by atoms with E-state index in [0.29, 0.717) is 6.61 Å². The molecule has 0 aliphatic heterocycles. The molecule has 1 aromatic carbocycles. The fraction of sp³-hybridized carbons (Fsp3) is 0.455. The fourth-order valence-electron chi connectivity index (χ4n) is 1.25. The lowest BCUT2D eigenvalue weighted by atomic mass is 10.2. The highest BCUT2D eigenvalue weighted by molar-refractivity contribution is 5.44. The molecule has 3 nitrogen and oxygen atoms in total. The molecular weight excluding hydrogens is 178 g/mol. The van der Waals surface area contributed by atoms with Gasteiger partial charge in [-0.25, -0.2) is 0 Å². The predicted molar refractivity (Wildman–Crippen MR) is 57.4 cm³/mol. The highest BCUT2D eigenvalue weighted by Crippen LogP contribution is 2.15. The molecule has 0 saturated heterocycles. The van der Waals surface area contributed by atoms with Crippen molar-refractivity contribution in [3.63, 3.8) is 0 Å². The molecule has 0 fully saturated rings. The van der Waals surface area contributed by atoms with E-state index in [1.54, 1.807) is 14.2 Å². The minimum atomic E-state index is -0.476. The van der Waals surface area contributed by atoms with Crippen LogP contribution in [0, 0.1) is 0 Å². The summed E-state index contributed by atoms with van der Waals surface area (Å²) in [5.74, 6) is 0. The average molecular weight is 195 g/mol. The quantitative estimate of drug-likeness (QED) is 0.730. The summed E-state index contributed by atoms with van der Waals surface area (Å²) in [6.07, 6.45) is 0. The fourth-order valence-corrected chi connectivity index (χ4v) is 1.25. The zero-order chi connectivity index (χ0) is 10.4. The largest absolute Gasteiger partial charge is 0.380 e. The van der Waals surface area contributed by atoms with E-state index in [9.17, 15) is 0 Å². The molecule has 0 saturated carbocycles. The van der Waals surface area contributed by atoms with Crippen molar-refractivity contribution >= 4 is 5.69 Å². The predicted octanol–water partition coefficient (Wildman–Crippen LogP) is 2.11. The van der Waals surface area contributed by atoms with Crippen LogP contribution in [0.3, 0.4) is 0 Å². The molecule has 0 aliphatic carbocycles. The summed E-state index contributed by atoms with van der Waals surface area (Å²) >= 11 is 0. The minimum Gasteiger partial charge on any atom is -0.380 e. The van der Waals surface area contributed by atoms with Crippen LogP contribution >= 0.6 is 0 Å². The normalized spacial score (nSPS) is 14.8. The molecule has 0 bridgehead atoms. The molecule has 0 aromatic heterocycles. The van der Waals surface area contributed by atoms with Crippen molar-refractivity contribution in [2.45, 2.75) is 12.6 Å². The van der Waals surface area contributed by atoms with Gasteiger partial charge in [0.05, 0.1) is 6.61 Å².